The third-order valence-corrected chi connectivity index (χ3v) is 3.09. The van der Waals surface area contributed by atoms with Crippen molar-refractivity contribution >= 4 is 0 Å². The van der Waals surface area contributed by atoms with E-state index in [4.69, 9.17) is 19.2 Å². The fourth-order valence-corrected chi connectivity index (χ4v) is 2.20. The molecule has 2 aliphatic heterocycles. The van der Waals surface area contributed by atoms with Gasteiger partial charge in [0.15, 0.2) is 6.29 Å². The second-order valence-corrected chi connectivity index (χ2v) is 4.10. The summed E-state index contributed by atoms with van der Waals surface area (Å²) in [6.45, 7) is 0. The zero-order valence-corrected chi connectivity index (χ0v) is 9.14. The molecule has 2 atom stereocenters. The molecule has 2 aliphatic rings. The van der Waals surface area contributed by atoms with E-state index in [1.165, 1.54) is 0 Å². The molecule has 0 saturated carbocycles. The fraction of sp³-hybridized carbons (Fsp3) is 0.500. The van der Waals surface area contributed by atoms with Gasteiger partial charge in [0.25, 0.3) is 0 Å². The van der Waals surface area contributed by atoms with Crippen LogP contribution in [0.2, 0.25) is 0 Å². The predicted octanol–water partition coefficient (Wildman–Crippen LogP) is 2.34. The maximum Gasteiger partial charge on any atom is 0.230 e. The number of benzene rings is 1. The van der Waals surface area contributed by atoms with E-state index in [0.717, 1.165) is 30.6 Å². The first-order chi connectivity index (χ1) is 7.82. The molecular weight excluding hydrogens is 208 g/mol. The highest BCUT2D eigenvalue weighted by Gasteiger charge is 2.48. The molecule has 0 aliphatic carbocycles. The minimum Gasteiger partial charge on any atom is -0.497 e. The Kier molecular flexibility index (Phi) is 2.35. The average molecular weight is 222 g/mol. The summed E-state index contributed by atoms with van der Waals surface area (Å²) in [7, 11) is 1.65. The van der Waals surface area contributed by atoms with Crippen LogP contribution in [0.3, 0.4) is 0 Å². The third kappa shape index (κ3) is 1.50. The maximum absolute atomic E-state index is 5.76. The second kappa shape index (κ2) is 3.73. The lowest BCUT2D eigenvalue weighted by Crippen LogP contribution is -2.31. The largest absolute Gasteiger partial charge is 0.497 e. The molecule has 4 heteroatoms. The number of hydrogen-bond acceptors (Lipinski definition) is 4. The van der Waals surface area contributed by atoms with Crippen LogP contribution in [0.15, 0.2) is 24.3 Å². The Bertz CT molecular complexity index is 371. The summed E-state index contributed by atoms with van der Waals surface area (Å²) in [5, 5.41) is 0. The van der Waals surface area contributed by atoms with Gasteiger partial charge in [-0.1, -0.05) is 0 Å². The van der Waals surface area contributed by atoms with Crippen LogP contribution in [0.1, 0.15) is 24.8 Å². The Balaban J connectivity index is 1.90. The number of methoxy groups -OCH3 is 1. The van der Waals surface area contributed by atoms with Crippen molar-refractivity contribution in [3.8, 4) is 5.75 Å². The van der Waals surface area contributed by atoms with Gasteiger partial charge in [-0.05, 0) is 30.7 Å². The minimum atomic E-state index is -0.699. The first kappa shape index (κ1) is 10.1. The van der Waals surface area contributed by atoms with Gasteiger partial charge >= 0.3 is 0 Å². The zero-order chi connectivity index (χ0) is 11.0. The van der Waals surface area contributed by atoms with Gasteiger partial charge in [-0.15, -0.1) is 0 Å². The summed E-state index contributed by atoms with van der Waals surface area (Å²) >= 11 is 0. The van der Waals surface area contributed by atoms with Gasteiger partial charge in [0.2, 0.25) is 5.79 Å². The highest BCUT2D eigenvalue weighted by molar-refractivity contribution is 5.30. The molecule has 0 N–H and O–H groups in total. The standard InChI is InChI=1S/C12H14O4/c1-13-10-6-4-9(5-7-10)12-8-2-3-11(14-12)15-16-12/h4-7,11H,2-3,8H2,1H3/t11-,12-/m1/s1. The Morgan fingerprint density at radius 2 is 2.12 bits per heavy atom. The molecular formula is C12H14O4. The van der Waals surface area contributed by atoms with E-state index in [1.807, 2.05) is 24.3 Å². The van der Waals surface area contributed by atoms with Gasteiger partial charge in [0.05, 0.1) is 7.11 Å². The Morgan fingerprint density at radius 1 is 1.31 bits per heavy atom. The lowest BCUT2D eigenvalue weighted by Gasteiger charge is -2.28. The van der Waals surface area contributed by atoms with Crippen LogP contribution in [0, 0.1) is 0 Å². The Morgan fingerprint density at radius 3 is 2.88 bits per heavy atom. The molecule has 16 heavy (non-hydrogen) atoms. The Labute approximate surface area is 94.0 Å². The smallest absolute Gasteiger partial charge is 0.230 e. The van der Waals surface area contributed by atoms with Crippen LogP contribution in [0.5, 0.6) is 5.75 Å². The molecule has 4 nitrogen and oxygen atoms in total. The van der Waals surface area contributed by atoms with Crippen molar-refractivity contribution in [2.24, 2.45) is 0 Å². The van der Waals surface area contributed by atoms with Gasteiger partial charge in [0.1, 0.15) is 5.75 Å². The summed E-state index contributed by atoms with van der Waals surface area (Å²) in [5.41, 5.74) is 0.982. The van der Waals surface area contributed by atoms with Crippen molar-refractivity contribution in [2.45, 2.75) is 31.3 Å². The monoisotopic (exact) mass is 222 g/mol. The molecule has 1 aromatic carbocycles. The maximum atomic E-state index is 5.76. The molecule has 2 bridgehead atoms. The molecule has 3 rings (SSSR count). The highest BCUT2D eigenvalue weighted by atomic mass is 17.3. The van der Waals surface area contributed by atoms with Crippen LogP contribution in [-0.2, 0) is 20.3 Å². The van der Waals surface area contributed by atoms with Crippen molar-refractivity contribution in [1.82, 2.24) is 0 Å². The van der Waals surface area contributed by atoms with E-state index >= 15 is 0 Å². The molecule has 0 aromatic heterocycles. The van der Waals surface area contributed by atoms with Crippen molar-refractivity contribution < 1.29 is 19.2 Å². The zero-order valence-electron chi connectivity index (χ0n) is 9.14. The fourth-order valence-electron chi connectivity index (χ4n) is 2.20. The molecule has 0 radical (unpaired) electrons. The lowest BCUT2D eigenvalue weighted by atomic mass is 9.97. The predicted molar refractivity (Wildman–Crippen MR) is 55.6 cm³/mol. The topological polar surface area (TPSA) is 36.9 Å². The third-order valence-electron chi connectivity index (χ3n) is 3.09. The van der Waals surface area contributed by atoms with Crippen molar-refractivity contribution in [3.05, 3.63) is 29.8 Å². The van der Waals surface area contributed by atoms with E-state index in [-0.39, 0.29) is 6.29 Å². The van der Waals surface area contributed by atoms with E-state index in [2.05, 4.69) is 0 Å². The van der Waals surface area contributed by atoms with E-state index in [0.29, 0.717) is 0 Å². The number of fused-ring (bicyclic) bond motifs is 2. The molecule has 86 valence electrons. The second-order valence-electron chi connectivity index (χ2n) is 4.10. The highest BCUT2D eigenvalue weighted by Crippen LogP contribution is 2.44. The minimum absolute atomic E-state index is 0.212. The van der Waals surface area contributed by atoms with Gasteiger partial charge in [0, 0.05) is 18.4 Å². The van der Waals surface area contributed by atoms with Gasteiger partial charge < -0.3 is 9.47 Å². The molecule has 2 saturated heterocycles. The Hall–Kier alpha value is -1.10. The van der Waals surface area contributed by atoms with E-state index in [1.54, 1.807) is 7.11 Å². The van der Waals surface area contributed by atoms with Crippen LogP contribution >= 0.6 is 0 Å². The molecule has 1 aromatic rings. The first-order valence-electron chi connectivity index (χ1n) is 5.49. The summed E-state index contributed by atoms with van der Waals surface area (Å²) in [6.07, 6.45) is 2.57. The molecule has 0 unspecified atom stereocenters. The van der Waals surface area contributed by atoms with Crippen molar-refractivity contribution in [3.63, 3.8) is 0 Å². The first-order valence-corrected chi connectivity index (χ1v) is 5.49. The van der Waals surface area contributed by atoms with Gasteiger partial charge in [-0.25, -0.2) is 4.89 Å². The average Bonchev–Trinajstić information content (AvgIpc) is 2.66. The summed E-state index contributed by atoms with van der Waals surface area (Å²) in [6, 6.07) is 7.71. The number of hydrogen-bond donors (Lipinski definition) is 0. The summed E-state index contributed by atoms with van der Waals surface area (Å²) in [5.74, 6) is 0.126. The van der Waals surface area contributed by atoms with Crippen LogP contribution in [0.25, 0.3) is 0 Å². The summed E-state index contributed by atoms with van der Waals surface area (Å²) in [4.78, 5) is 10.5. The van der Waals surface area contributed by atoms with Crippen LogP contribution in [0.4, 0.5) is 0 Å². The normalized spacial score (nSPS) is 32.7. The van der Waals surface area contributed by atoms with Crippen molar-refractivity contribution in [2.75, 3.05) is 7.11 Å². The molecule has 0 spiro atoms. The number of rotatable bonds is 2. The number of ether oxygens (including phenoxy) is 2. The van der Waals surface area contributed by atoms with E-state index in [9.17, 15) is 0 Å². The van der Waals surface area contributed by atoms with Gasteiger partial charge in [-0.2, -0.15) is 4.89 Å². The summed E-state index contributed by atoms with van der Waals surface area (Å²) < 4.78 is 10.9. The van der Waals surface area contributed by atoms with Crippen LogP contribution in [-0.4, -0.2) is 13.4 Å². The molecule has 2 heterocycles. The van der Waals surface area contributed by atoms with Crippen LogP contribution < -0.4 is 4.74 Å². The quantitative estimate of drug-likeness (QED) is 0.720. The van der Waals surface area contributed by atoms with Crippen molar-refractivity contribution in [1.29, 1.82) is 0 Å². The molecule has 2 fully saturated rings. The van der Waals surface area contributed by atoms with Gasteiger partial charge in [-0.3, -0.25) is 0 Å². The molecule has 0 amide bonds. The lowest BCUT2D eigenvalue weighted by molar-refractivity contribution is -0.331. The van der Waals surface area contributed by atoms with E-state index < -0.39 is 5.79 Å². The SMILES string of the molecule is COc1ccc([C@@]23CCC[C@@H](OO2)O3)cc1.